The summed E-state index contributed by atoms with van der Waals surface area (Å²) >= 11 is 0. The maximum Gasteiger partial charge on any atom is 0.410 e. The SMILES string of the molecule is CC(C)OC(=O)C(CCC(=O)C=[N+]=[N-])NC(=O)OC(C)OC(=O)C(C)C. The zero-order valence-electron chi connectivity index (χ0n) is 15.6. The number of ketones is 1. The van der Waals surface area contributed by atoms with Crippen LogP contribution in [0.2, 0.25) is 0 Å². The van der Waals surface area contributed by atoms with Crippen LogP contribution in [0, 0.1) is 5.92 Å². The summed E-state index contributed by atoms with van der Waals surface area (Å²) in [4.78, 5) is 49.4. The highest BCUT2D eigenvalue weighted by Gasteiger charge is 2.26. The molecule has 0 heterocycles. The van der Waals surface area contributed by atoms with Crippen molar-refractivity contribution in [3.8, 4) is 0 Å². The van der Waals surface area contributed by atoms with Gasteiger partial charge in [0.2, 0.25) is 12.1 Å². The summed E-state index contributed by atoms with van der Waals surface area (Å²) in [6.07, 6.45) is -2.16. The number of carbonyl (C=O) groups excluding carboxylic acids is 4. The standard InChI is InChI=1S/C16H25N3O7/c1-9(2)14(21)25-11(5)26-16(23)19-13(15(22)24-10(3)4)7-6-12(20)8-18-17/h8-11,13H,6-7H2,1-5H3,(H,19,23). The first-order valence-corrected chi connectivity index (χ1v) is 8.15. The van der Waals surface area contributed by atoms with E-state index in [-0.39, 0.29) is 12.8 Å². The predicted octanol–water partition coefficient (Wildman–Crippen LogP) is 1.23. The fraction of sp³-hybridized carbons (Fsp3) is 0.688. The van der Waals surface area contributed by atoms with Crippen LogP contribution in [0.25, 0.3) is 5.53 Å². The maximum atomic E-state index is 12.0. The maximum absolute atomic E-state index is 12.0. The molecule has 0 fully saturated rings. The van der Waals surface area contributed by atoms with E-state index >= 15 is 0 Å². The molecule has 1 N–H and O–H groups in total. The van der Waals surface area contributed by atoms with E-state index in [1.807, 2.05) is 0 Å². The van der Waals surface area contributed by atoms with Gasteiger partial charge in [-0.1, -0.05) is 13.8 Å². The Morgan fingerprint density at radius 3 is 2.12 bits per heavy atom. The first kappa shape index (κ1) is 23.3. The van der Waals surface area contributed by atoms with E-state index in [9.17, 15) is 19.2 Å². The number of hydrogen-bond donors (Lipinski definition) is 1. The lowest BCUT2D eigenvalue weighted by atomic mass is 10.1. The van der Waals surface area contributed by atoms with Crippen LogP contribution < -0.4 is 5.32 Å². The highest BCUT2D eigenvalue weighted by molar-refractivity contribution is 6.25. The number of hydrogen-bond acceptors (Lipinski definition) is 7. The molecule has 146 valence electrons. The highest BCUT2D eigenvalue weighted by atomic mass is 16.7. The van der Waals surface area contributed by atoms with Gasteiger partial charge in [-0.2, -0.15) is 4.79 Å². The third-order valence-electron chi connectivity index (χ3n) is 2.84. The normalized spacial score (nSPS) is 12.6. The lowest BCUT2D eigenvalue weighted by molar-refractivity contribution is -0.169. The molecule has 0 aromatic carbocycles. The Bertz CT molecular complexity index is 568. The minimum atomic E-state index is -1.16. The molecule has 0 saturated heterocycles. The van der Waals surface area contributed by atoms with Crippen molar-refractivity contribution in [2.75, 3.05) is 0 Å². The van der Waals surface area contributed by atoms with Gasteiger partial charge in [0.25, 0.3) is 0 Å². The summed E-state index contributed by atoms with van der Waals surface area (Å²) in [5, 5.41) is 2.27. The largest absolute Gasteiger partial charge is 0.461 e. The van der Waals surface area contributed by atoms with Gasteiger partial charge in [0.1, 0.15) is 6.04 Å². The van der Waals surface area contributed by atoms with Crippen LogP contribution >= 0.6 is 0 Å². The molecule has 0 aromatic heterocycles. The van der Waals surface area contributed by atoms with Gasteiger partial charge in [-0.15, -0.1) is 0 Å². The zero-order chi connectivity index (χ0) is 20.3. The summed E-state index contributed by atoms with van der Waals surface area (Å²) in [7, 11) is 0. The Morgan fingerprint density at radius 2 is 1.62 bits per heavy atom. The Kier molecular flexibility index (Phi) is 10.5. The second kappa shape index (κ2) is 11.8. The van der Waals surface area contributed by atoms with Crippen LogP contribution in [-0.4, -0.2) is 53.3 Å². The molecule has 0 aliphatic rings. The lowest BCUT2D eigenvalue weighted by Gasteiger charge is -2.20. The van der Waals surface area contributed by atoms with Crippen LogP contribution in [-0.2, 0) is 28.6 Å². The van der Waals surface area contributed by atoms with E-state index in [1.54, 1.807) is 27.7 Å². The molecule has 2 unspecified atom stereocenters. The van der Waals surface area contributed by atoms with E-state index in [4.69, 9.17) is 19.7 Å². The minimum absolute atomic E-state index is 0.0916. The molecule has 26 heavy (non-hydrogen) atoms. The van der Waals surface area contributed by atoms with Crippen molar-refractivity contribution >= 4 is 30.0 Å². The molecule has 0 aliphatic carbocycles. The highest BCUT2D eigenvalue weighted by Crippen LogP contribution is 2.06. The third kappa shape index (κ3) is 10.2. The topological polar surface area (TPSA) is 144 Å². The van der Waals surface area contributed by atoms with Crippen molar-refractivity contribution in [3.63, 3.8) is 0 Å². The van der Waals surface area contributed by atoms with Crippen LogP contribution in [0.4, 0.5) is 4.79 Å². The van der Waals surface area contributed by atoms with Crippen molar-refractivity contribution < 1.29 is 38.2 Å². The van der Waals surface area contributed by atoms with Crippen LogP contribution in [0.5, 0.6) is 0 Å². The van der Waals surface area contributed by atoms with Crippen molar-refractivity contribution in [2.45, 2.75) is 65.9 Å². The number of carbonyl (C=O) groups is 4. The summed E-state index contributed by atoms with van der Waals surface area (Å²) in [5.41, 5.74) is 8.31. The molecule has 0 bridgehead atoms. The van der Waals surface area contributed by atoms with Gasteiger partial charge in [-0.25, -0.2) is 9.59 Å². The average molecular weight is 371 g/mol. The van der Waals surface area contributed by atoms with E-state index < -0.39 is 48.2 Å². The predicted molar refractivity (Wildman–Crippen MR) is 88.9 cm³/mol. The van der Waals surface area contributed by atoms with E-state index in [2.05, 4.69) is 10.1 Å². The Hall–Kier alpha value is -2.74. The number of nitrogens with zero attached hydrogens (tertiary/aromatic N) is 2. The minimum Gasteiger partial charge on any atom is -0.461 e. The van der Waals surface area contributed by atoms with Crippen LogP contribution in [0.1, 0.15) is 47.5 Å². The van der Waals surface area contributed by atoms with Gasteiger partial charge >= 0.3 is 24.2 Å². The average Bonchev–Trinajstić information content (AvgIpc) is 2.50. The molecular weight excluding hydrogens is 346 g/mol. The molecule has 10 heteroatoms. The second-order valence-electron chi connectivity index (χ2n) is 6.00. The molecular formula is C16H25N3O7. The van der Waals surface area contributed by atoms with Crippen LogP contribution in [0.3, 0.4) is 0 Å². The summed E-state index contributed by atoms with van der Waals surface area (Å²) < 4.78 is 14.8. The fourth-order valence-electron chi connectivity index (χ4n) is 1.63. The Morgan fingerprint density at radius 1 is 1.00 bits per heavy atom. The van der Waals surface area contributed by atoms with Gasteiger partial charge in [0.05, 0.1) is 12.0 Å². The lowest BCUT2D eigenvalue weighted by Crippen LogP contribution is -2.44. The van der Waals surface area contributed by atoms with Gasteiger partial charge in [-0.3, -0.25) is 9.59 Å². The number of ether oxygens (including phenoxy) is 3. The monoisotopic (exact) mass is 371 g/mol. The Labute approximate surface area is 151 Å². The van der Waals surface area contributed by atoms with Gasteiger partial charge in [0.15, 0.2) is 0 Å². The van der Waals surface area contributed by atoms with Gasteiger partial charge in [0, 0.05) is 13.3 Å². The third-order valence-corrected chi connectivity index (χ3v) is 2.84. The smallest absolute Gasteiger partial charge is 0.410 e. The van der Waals surface area contributed by atoms with E-state index in [0.717, 1.165) is 0 Å². The quantitative estimate of drug-likeness (QED) is 0.200. The van der Waals surface area contributed by atoms with Crippen molar-refractivity contribution in [2.24, 2.45) is 5.92 Å². The Balaban J connectivity index is 4.79. The second-order valence-corrected chi connectivity index (χ2v) is 6.00. The summed E-state index contributed by atoms with van der Waals surface area (Å²) in [5.74, 6) is -2.23. The van der Waals surface area contributed by atoms with E-state index in [0.29, 0.717) is 6.21 Å². The summed E-state index contributed by atoms with van der Waals surface area (Å²) in [6, 6.07) is -1.16. The number of amides is 1. The molecule has 2 atom stereocenters. The van der Waals surface area contributed by atoms with Crippen molar-refractivity contribution in [1.82, 2.24) is 5.32 Å². The first-order valence-electron chi connectivity index (χ1n) is 8.15. The molecule has 1 amide bonds. The van der Waals surface area contributed by atoms with E-state index in [1.165, 1.54) is 6.92 Å². The van der Waals surface area contributed by atoms with Gasteiger partial charge in [-0.05, 0) is 20.3 Å². The molecule has 0 aromatic rings. The van der Waals surface area contributed by atoms with Crippen molar-refractivity contribution in [3.05, 3.63) is 5.53 Å². The number of nitrogens with one attached hydrogen (secondary N) is 1. The molecule has 0 rings (SSSR count). The molecule has 10 nitrogen and oxygen atoms in total. The fourth-order valence-corrected chi connectivity index (χ4v) is 1.63. The first-order chi connectivity index (χ1) is 12.1. The van der Waals surface area contributed by atoms with Crippen molar-refractivity contribution in [1.29, 1.82) is 0 Å². The van der Waals surface area contributed by atoms with Crippen LogP contribution in [0.15, 0.2) is 0 Å². The summed E-state index contributed by atoms with van der Waals surface area (Å²) in [6.45, 7) is 7.86. The molecule has 0 saturated carbocycles. The molecule has 0 aliphatic heterocycles. The number of alkyl carbamates (subject to hydrolysis) is 1. The molecule has 0 spiro atoms. The zero-order valence-corrected chi connectivity index (χ0v) is 15.6. The van der Waals surface area contributed by atoms with Gasteiger partial charge < -0.3 is 25.1 Å². The molecule has 0 radical (unpaired) electrons. The number of esters is 2. The number of rotatable bonds is 10. The number of Topliss-reactive ketones (excluding diaryl/α,β-unsaturated/α-hetero) is 1.